The Bertz CT molecular complexity index is 557. The maximum atomic E-state index is 12.4. The van der Waals surface area contributed by atoms with Crippen molar-refractivity contribution in [3.63, 3.8) is 0 Å². The Labute approximate surface area is 132 Å². The second-order valence-electron chi connectivity index (χ2n) is 5.48. The van der Waals surface area contributed by atoms with Crippen LogP contribution < -0.4 is 10.0 Å². The predicted octanol–water partition coefficient (Wildman–Crippen LogP) is 2.36. The normalized spacial score (nSPS) is 16.9. The Morgan fingerprint density at radius 1 is 1.38 bits per heavy atom. The molecule has 0 aromatic heterocycles. The largest absolute Gasteiger partial charge is 0.310 e. The topological polar surface area (TPSA) is 58.2 Å². The minimum Gasteiger partial charge on any atom is -0.310 e. The molecule has 0 spiro atoms. The van der Waals surface area contributed by atoms with E-state index in [0.717, 1.165) is 24.3 Å². The van der Waals surface area contributed by atoms with Gasteiger partial charge in [0.1, 0.15) is 0 Å². The van der Waals surface area contributed by atoms with E-state index in [1.165, 1.54) is 12.8 Å². The molecule has 2 rings (SSSR count). The van der Waals surface area contributed by atoms with Gasteiger partial charge in [-0.05, 0) is 43.2 Å². The van der Waals surface area contributed by atoms with E-state index in [2.05, 4.69) is 10.0 Å². The molecule has 0 heterocycles. The van der Waals surface area contributed by atoms with E-state index in [9.17, 15) is 8.42 Å². The first kappa shape index (κ1) is 16.8. The lowest BCUT2D eigenvalue weighted by Crippen LogP contribution is -2.36. The zero-order chi connectivity index (χ0) is 15.3. The summed E-state index contributed by atoms with van der Waals surface area (Å²) >= 11 is 1.65. The lowest BCUT2D eigenvalue weighted by molar-refractivity contribution is 0.558. The van der Waals surface area contributed by atoms with Gasteiger partial charge in [-0.15, -0.1) is 0 Å². The average molecular weight is 329 g/mol. The van der Waals surface area contributed by atoms with Crippen molar-refractivity contribution < 1.29 is 8.42 Å². The first-order valence-corrected chi connectivity index (χ1v) is 10.3. The van der Waals surface area contributed by atoms with Gasteiger partial charge in [-0.25, -0.2) is 13.1 Å². The molecule has 2 N–H and O–H groups in total. The summed E-state index contributed by atoms with van der Waals surface area (Å²) in [7, 11) is -3.43. The van der Waals surface area contributed by atoms with Gasteiger partial charge in [-0.3, -0.25) is 0 Å². The number of nitrogens with one attached hydrogen (secondary N) is 2. The summed E-state index contributed by atoms with van der Waals surface area (Å²) in [5.41, 5.74) is 1.02. The number of thioether (sulfide) groups is 1. The molecule has 0 saturated heterocycles. The molecule has 1 fully saturated rings. The fourth-order valence-electron chi connectivity index (χ4n) is 2.10. The third kappa shape index (κ3) is 5.29. The smallest absolute Gasteiger partial charge is 0.240 e. The molecule has 21 heavy (non-hydrogen) atoms. The predicted molar refractivity (Wildman–Crippen MR) is 89.1 cm³/mol. The Kier molecular flexibility index (Phi) is 6.10. The molecule has 1 saturated carbocycles. The molecule has 0 aliphatic heterocycles. The maximum absolute atomic E-state index is 12.4. The van der Waals surface area contributed by atoms with Gasteiger partial charge in [0.2, 0.25) is 10.0 Å². The summed E-state index contributed by atoms with van der Waals surface area (Å²) in [4.78, 5) is 0.358. The number of benzene rings is 1. The molecule has 1 aliphatic carbocycles. The Morgan fingerprint density at radius 2 is 2.14 bits per heavy atom. The summed E-state index contributed by atoms with van der Waals surface area (Å²) in [6, 6.07) is 7.81. The molecule has 1 aromatic rings. The van der Waals surface area contributed by atoms with Crippen molar-refractivity contribution >= 4 is 21.8 Å². The van der Waals surface area contributed by atoms with Crippen LogP contribution in [0.1, 0.15) is 31.7 Å². The molecule has 0 radical (unpaired) electrons. The van der Waals surface area contributed by atoms with Crippen LogP contribution in [0.15, 0.2) is 29.2 Å². The molecule has 1 aliphatic rings. The minimum atomic E-state index is -3.43. The molecule has 1 atom stereocenters. The molecule has 4 nitrogen and oxygen atoms in total. The van der Waals surface area contributed by atoms with Gasteiger partial charge < -0.3 is 5.32 Å². The first-order chi connectivity index (χ1) is 10.0. The lowest BCUT2D eigenvalue weighted by Gasteiger charge is -2.16. The summed E-state index contributed by atoms with van der Waals surface area (Å²) < 4.78 is 27.7. The van der Waals surface area contributed by atoms with Gasteiger partial charge in [0.05, 0.1) is 4.90 Å². The highest BCUT2D eigenvalue weighted by molar-refractivity contribution is 7.98. The highest BCUT2D eigenvalue weighted by Crippen LogP contribution is 2.20. The van der Waals surface area contributed by atoms with Gasteiger partial charge in [0, 0.05) is 24.4 Å². The maximum Gasteiger partial charge on any atom is 0.240 e. The van der Waals surface area contributed by atoms with Gasteiger partial charge in [0.25, 0.3) is 0 Å². The van der Waals surface area contributed by atoms with E-state index < -0.39 is 10.0 Å². The van der Waals surface area contributed by atoms with Crippen LogP contribution >= 0.6 is 11.8 Å². The second kappa shape index (κ2) is 7.63. The van der Waals surface area contributed by atoms with Crippen LogP contribution in [0.2, 0.25) is 0 Å². The Morgan fingerprint density at radius 3 is 2.76 bits per heavy atom. The Balaban J connectivity index is 2.05. The lowest BCUT2D eigenvalue weighted by atomic mass is 10.2. The minimum absolute atomic E-state index is 0.0155. The molecular weight excluding hydrogens is 304 g/mol. The SMILES string of the molecule is CCC(CSC)NS(=O)(=O)c1cccc(CNC2CC2)c1. The number of rotatable bonds is 9. The van der Waals surface area contributed by atoms with Gasteiger partial charge in [-0.1, -0.05) is 19.1 Å². The van der Waals surface area contributed by atoms with E-state index in [4.69, 9.17) is 0 Å². The third-order valence-electron chi connectivity index (χ3n) is 3.56. The van der Waals surface area contributed by atoms with Crippen LogP contribution in [-0.4, -0.2) is 32.5 Å². The van der Waals surface area contributed by atoms with Crippen LogP contribution in [0.5, 0.6) is 0 Å². The van der Waals surface area contributed by atoms with E-state index in [1.54, 1.807) is 23.9 Å². The fraction of sp³-hybridized carbons (Fsp3) is 0.600. The summed E-state index contributed by atoms with van der Waals surface area (Å²) in [5.74, 6) is 0.790. The molecule has 6 heteroatoms. The van der Waals surface area contributed by atoms with Gasteiger partial charge >= 0.3 is 0 Å². The van der Waals surface area contributed by atoms with E-state index in [-0.39, 0.29) is 6.04 Å². The standard InChI is InChI=1S/C15H24N2O2S2/c1-3-13(11-20-2)17-21(18,19)15-6-4-5-12(9-15)10-16-14-7-8-14/h4-6,9,13-14,16-17H,3,7-8,10-11H2,1-2H3. The molecular formula is C15H24N2O2S2. The highest BCUT2D eigenvalue weighted by Gasteiger charge is 2.21. The fourth-order valence-corrected chi connectivity index (χ4v) is 4.31. The molecule has 1 aromatic carbocycles. The summed E-state index contributed by atoms with van der Waals surface area (Å²) in [6.07, 6.45) is 5.24. The zero-order valence-corrected chi connectivity index (χ0v) is 14.3. The summed E-state index contributed by atoms with van der Waals surface area (Å²) in [5, 5.41) is 3.41. The quantitative estimate of drug-likeness (QED) is 0.731. The molecule has 0 bridgehead atoms. The third-order valence-corrected chi connectivity index (χ3v) is 5.82. The van der Waals surface area contributed by atoms with Crippen LogP contribution in [-0.2, 0) is 16.6 Å². The van der Waals surface area contributed by atoms with E-state index >= 15 is 0 Å². The van der Waals surface area contributed by atoms with Crippen molar-refractivity contribution in [2.45, 2.75) is 49.7 Å². The van der Waals surface area contributed by atoms with Crippen molar-refractivity contribution in [2.24, 2.45) is 0 Å². The number of hydrogen-bond acceptors (Lipinski definition) is 4. The molecule has 1 unspecified atom stereocenters. The van der Waals surface area contributed by atoms with Crippen LogP contribution in [0.25, 0.3) is 0 Å². The highest BCUT2D eigenvalue weighted by atomic mass is 32.2. The zero-order valence-electron chi connectivity index (χ0n) is 12.6. The number of hydrogen-bond donors (Lipinski definition) is 2. The Hall–Kier alpha value is -0.560. The molecule has 0 amide bonds. The monoisotopic (exact) mass is 328 g/mol. The van der Waals surface area contributed by atoms with E-state index in [1.807, 2.05) is 25.3 Å². The summed E-state index contributed by atoms with van der Waals surface area (Å²) in [6.45, 7) is 2.73. The van der Waals surface area contributed by atoms with Crippen LogP contribution in [0, 0.1) is 0 Å². The van der Waals surface area contributed by atoms with Crippen molar-refractivity contribution in [1.82, 2.24) is 10.0 Å². The van der Waals surface area contributed by atoms with Gasteiger partial charge in [0.15, 0.2) is 0 Å². The molecule has 118 valence electrons. The first-order valence-electron chi connectivity index (χ1n) is 7.38. The van der Waals surface area contributed by atoms with E-state index in [0.29, 0.717) is 10.9 Å². The van der Waals surface area contributed by atoms with Crippen molar-refractivity contribution in [3.8, 4) is 0 Å². The van der Waals surface area contributed by atoms with Crippen molar-refractivity contribution in [1.29, 1.82) is 0 Å². The van der Waals surface area contributed by atoms with Crippen LogP contribution in [0.4, 0.5) is 0 Å². The van der Waals surface area contributed by atoms with Crippen molar-refractivity contribution in [3.05, 3.63) is 29.8 Å². The van der Waals surface area contributed by atoms with Gasteiger partial charge in [-0.2, -0.15) is 11.8 Å². The number of sulfonamides is 1. The average Bonchev–Trinajstić information content (AvgIpc) is 3.29. The van der Waals surface area contributed by atoms with Crippen LogP contribution in [0.3, 0.4) is 0 Å². The van der Waals surface area contributed by atoms with Crippen molar-refractivity contribution in [2.75, 3.05) is 12.0 Å². The second-order valence-corrected chi connectivity index (χ2v) is 8.11.